The van der Waals surface area contributed by atoms with Crippen LogP contribution in [-0.2, 0) is 0 Å². The van der Waals surface area contributed by atoms with Crippen molar-refractivity contribution in [2.75, 3.05) is 20.2 Å². The highest BCUT2D eigenvalue weighted by atomic mass is 32.2. The van der Waals surface area contributed by atoms with Gasteiger partial charge in [0.2, 0.25) is 0 Å². The van der Waals surface area contributed by atoms with Crippen LogP contribution in [0.2, 0.25) is 0 Å². The average molecular weight is 398 g/mol. The van der Waals surface area contributed by atoms with Gasteiger partial charge in [-0.3, -0.25) is 0 Å². The average Bonchev–Trinajstić information content (AvgIpc) is 2.77. The van der Waals surface area contributed by atoms with Crippen LogP contribution in [0.3, 0.4) is 0 Å². The Kier molecular flexibility index (Phi) is 6.81. The fraction of sp³-hybridized carbons (Fsp3) is 0.500. The van der Waals surface area contributed by atoms with E-state index in [4.69, 9.17) is 9.47 Å². The molecule has 0 amide bonds. The van der Waals surface area contributed by atoms with E-state index in [1.165, 1.54) is 55.0 Å². The van der Waals surface area contributed by atoms with Crippen molar-refractivity contribution in [3.05, 3.63) is 48.5 Å². The van der Waals surface area contributed by atoms with Gasteiger partial charge in [-0.25, -0.2) is 0 Å². The summed E-state index contributed by atoms with van der Waals surface area (Å²) in [5.74, 6) is 1.89. The maximum Gasteiger partial charge on any atom is 0.119 e. The van der Waals surface area contributed by atoms with Crippen molar-refractivity contribution in [1.29, 1.82) is 0 Å². The third kappa shape index (κ3) is 5.24. The van der Waals surface area contributed by atoms with Crippen LogP contribution in [0.1, 0.15) is 44.9 Å². The van der Waals surface area contributed by atoms with Crippen molar-refractivity contribution in [2.24, 2.45) is 0 Å². The lowest BCUT2D eigenvalue weighted by molar-refractivity contribution is 0.0630. The molecule has 1 saturated heterocycles. The lowest BCUT2D eigenvalue weighted by atomic mass is 9.92. The molecular formula is C24H31NO2S. The van der Waals surface area contributed by atoms with Gasteiger partial charge in [0, 0.05) is 28.9 Å². The molecule has 0 atom stereocenters. The standard InChI is InChI=1S/C24H31NO2S/c1-26-20-7-11-23(12-8-20)28-24-13-9-21(10-14-24)27-22-15-17-25(18-16-22)19-5-3-2-4-6-19/h7-14,19,22H,2-6,15-18H2,1H3. The second kappa shape index (κ2) is 9.71. The number of nitrogens with zero attached hydrogens (tertiary/aromatic N) is 1. The van der Waals surface area contributed by atoms with Crippen LogP contribution in [0.4, 0.5) is 0 Å². The van der Waals surface area contributed by atoms with Gasteiger partial charge in [0.25, 0.3) is 0 Å². The minimum Gasteiger partial charge on any atom is -0.497 e. The molecule has 1 saturated carbocycles. The number of likely N-dealkylation sites (tertiary alicyclic amines) is 1. The summed E-state index contributed by atoms with van der Waals surface area (Å²) in [5.41, 5.74) is 0. The van der Waals surface area contributed by atoms with Gasteiger partial charge in [0.15, 0.2) is 0 Å². The van der Waals surface area contributed by atoms with Gasteiger partial charge < -0.3 is 14.4 Å². The molecule has 4 heteroatoms. The van der Waals surface area contributed by atoms with E-state index in [0.717, 1.165) is 30.4 Å². The molecule has 2 aromatic carbocycles. The SMILES string of the molecule is COc1ccc(Sc2ccc(OC3CCN(C4CCCCC4)CC3)cc2)cc1. The van der Waals surface area contributed by atoms with Crippen LogP contribution < -0.4 is 9.47 Å². The molecule has 0 aromatic heterocycles. The third-order valence-corrected chi connectivity index (χ3v) is 7.01. The summed E-state index contributed by atoms with van der Waals surface area (Å²) in [4.78, 5) is 5.15. The van der Waals surface area contributed by atoms with Crippen molar-refractivity contribution in [3.8, 4) is 11.5 Å². The molecule has 1 heterocycles. The molecule has 0 bridgehead atoms. The zero-order valence-electron chi connectivity index (χ0n) is 16.8. The molecule has 150 valence electrons. The summed E-state index contributed by atoms with van der Waals surface area (Å²) in [5, 5.41) is 0. The van der Waals surface area contributed by atoms with E-state index in [2.05, 4.69) is 41.3 Å². The van der Waals surface area contributed by atoms with E-state index in [1.807, 2.05) is 12.1 Å². The fourth-order valence-corrected chi connectivity index (χ4v) is 5.18. The van der Waals surface area contributed by atoms with Crippen LogP contribution in [-0.4, -0.2) is 37.2 Å². The van der Waals surface area contributed by atoms with Crippen LogP contribution in [0, 0.1) is 0 Å². The molecule has 2 aromatic rings. The Labute approximate surface area is 173 Å². The number of ether oxygens (including phenoxy) is 2. The highest BCUT2D eigenvalue weighted by Gasteiger charge is 2.26. The van der Waals surface area contributed by atoms with Crippen LogP contribution >= 0.6 is 11.8 Å². The zero-order chi connectivity index (χ0) is 19.2. The molecule has 1 aliphatic heterocycles. The first-order chi connectivity index (χ1) is 13.8. The van der Waals surface area contributed by atoms with Gasteiger partial charge >= 0.3 is 0 Å². The molecule has 3 nitrogen and oxygen atoms in total. The topological polar surface area (TPSA) is 21.7 Å². The van der Waals surface area contributed by atoms with Crippen molar-refractivity contribution in [2.45, 2.75) is 66.9 Å². The van der Waals surface area contributed by atoms with Crippen LogP contribution in [0.15, 0.2) is 58.3 Å². The monoisotopic (exact) mass is 397 g/mol. The molecule has 0 radical (unpaired) electrons. The Morgan fingerprint density at radius 3 is 1.89 bits per heavy atom. The van der Waals surface area contributed by atoms with Gasteiger partial charge in [0.05, 0.1) is 7.11 Å². The van der Waals surface area contributed by atoms with Crippen molar-refractivity contribution in [3.63, 3.8) is 0 Å². The first-order valence-electron chi connectivity index (χ1n) is 10.6. The Morgan fingerprint density at radius 1 is 0.750 bits per heavy atom. The number of hydrogen-bond donors (Lipinski definition) is 0. The first kappa shape index (κ1) is 19.7. The quantitative estimate of drug-likeness (QED) is 0.594. The fourth-order valence-electron chi connectivity index (χ4n) is 4.36. The number of rotatable bonds is 6. The molecule has 2 aliphatic rings. The van der Waals surface area contributed by atoms with E-state index in [1.54, 1.807) is 18.9 Å². The van der Waals surface area contributed by atoms with Crippen molar-refractivity contribution in [1.82, 2.24) is 4.90 Å². The number of benzene rings is 2. The number of methoxy groups -OCH3 is 1. The lowest BCUT2D eigenvalue weighted by Crippen LogP contribution is -2.44. The third-order valence-electron chi connectivity index (χ3n) is 5.99. The maximum atomic E-state index is 6.27. The van der Waals surface area contributed by atoms with Crippen molar-refractivity contribution < 1.29 is 9.47 Å². The van der Waals surface area contributed by atoms with E-state index < -0.39 is 0 Å². The minimum absolute atomic E-state index is 0.361. The Balaban J connectivity index is 1.25. The predicted molar refractivity (Wildman–Crippen MR) is 116 cm³/mol. The van der Waals surface area contributed by atoms with E-state index in [9.17, 15) is 0 Å². The molecule has 2 fully saturated rings. The summed E-state index contributed by atoms with van der Waals surface area (Å²) < 4.78 is 11.5. The van der Waals surface area contributed by atoms with E-state index >= 15 is 0 Å². The van der Waals surface area contributed by atoms with E-state index in [0.29, 0.717) is 6.10 Å². The molecule has 0 N–H and O–H groups in total. The normalized spacial score (nSPS) is 19.5. The Morgan fingerprint density at radius 2 is 1.32 bits per heavy atom. The lowest BCUT2D eigenvalue weighted by Gasteiger charge is -2.39. The van der Waals surface area contributed by atoms with Gasteiger partial charge in [0.1, 0.15) is 17.6 Å². The number of piperidine rings is 1. The van der Waals surface area contributed by atoms with Crippen molar-refractivity contribution >= 4 is 11.8 Å². The molecule has 0 spiro atoms. The molecule has 28 heavy (non-hydrogen) atoms. The Bertz CT molecular complexity index is 717. The predicted octanol–water partition coefficient (Wildman–Crippen LogP) is 6.02. The largest absolute Gasteiger partial charge is 0.497 e. The second-order valence-corrected chi connectivity index (χ2v) is 9.04. The highest BCUT2D eigenvalue weighted by Crippen LogP contribution is 2.31. The highest BCUT2D eigenvalue weighted by molar-refractivity contribution is 7.99. The summed E-state index contributed by atoms with van der Waals surface area (Å²) in [6.07, 6.45) is 9.74. The van der Waals surface area contributed by atoms with Gasteiger partial charge in [-0.1, -0.05) is 31.0 Å². The van der Waals surface area contributed by atoms with E-state index in [-0.39, 0.29) is 0 Å². The minimum atomic E-state index is 0.361. The molecular weight excluding hydrogens is 366 g/mol. The summed E-state index contributed by atoms with van der Waals surface area (Å²) in [6.45, 7) is 2.39. The maximum absolute atomic E-state index is 6.27. The van der Waals surface area contributed by atoms with Crippen LogP contribution in [0.25, 0.3) is 0 Å². The summed E-state index contributed by atoms with van der Waals surface area (Å²) in [7, 11) is 1.70. The van der Waals surface area contributed by atoms with Gasteiger partial charge in [-0.2, -0.15) is 0 Å². The Hall–Kier alpha value is -1.65. The first-order valence-corrected chi connectivity index (χ1v) is 11.4. The van der Waals surface area contributed by atoms with Gasteiger partial charge in [-0.15, -0.1) is 0 Å². The van der Waals surface area contributed by atoms with Gasteiger partial charge in [-0.05, 0) is 74.2 Å². The molecule has 1 aliphatic carbocycles. The summed E-state index contributed by atoms with van der Waals surface area (Å²) >= 11 is 1.76. The van der Waals surface area contributed by atoms with Crippen LogP contribution in [0.5, 0.6) is 11.5 Å². The smallest absolute Gasteiger partial charge is 0.119 e. The zero-order valence-corrected chi connectivity index (χ0v) is 17.6. The number of hydrogen-bond acceptors (Lipinski definition) is 4. The summed E-state index contributed by atoms with van der Waals surface area (Å²) in [6, 6.07) is 17.5. The molecule has 0 unspecified atom stereocenters. The molecule has 4 rings (SSSR count). The second-order valence-electron chi connectivity index (χ2n) is 7.89.